The van der Waals surface area contributed by atoms with Gasteiger partial charge in [-0.1, -0.05) is 6.92 Å². The predicted octanol–water partition coefficient (Wildman–Crippen LogP) is 5.97. The van der Waals surface area contributed by atoms with Gasteiger partial charge in [-0.25, -0.2) is 0 Å². The van der Waals surface area contributed by atoms with E-state index in [0.29, 0.717) is 0 Å². The van der Waals surface area contributed by atoms with Gasteiger partial charge in [-0.05, 0) is 0 Å². The Balaban J connectivity index is 6.72. The molecule has 18 heteroatoms. The van der Waals surface area contributed by atoms with Crippen LogP contribution in [0.5, 0.6) is 0 Å². The minimum atomic E-state index is -8.59. The molecule has 0 fully saturated rings. The van der Waals surface area contributed by atoms with Crippen LogP contribution in [0, 0.1) is 0 Å². The summed E-state index contributed by atoms with van der Waals surface area (Å²) in [4.78, 5) is 0. The van der Waals surface area contributed by atoms with E-state index in [4.69, 9.17) is 0 Å². The second-order valence-electron chi connectivity index (χ2n) is 5.29. The van der Waals surface area contributed by atoms with E-state index in [0.717, 1.165) is 0 Å². The molecule has 0 aromatic rings. The first kappa shape index (κ1) is 27.0. The highest BCUT2D eigenvalue weighted by Crippen LogP contribution is 2.64. The molecule has 0 aliphatic carbocycles. The first-order chi connectivity index (χ1) is 11.7. The molecule has 0 amide bonds. The topological polar surface area (TPSA) is 0 Å². The number of rotatable bonds is 7. The summed E-state index contributed by atoms with van der Waals surface area (Å²) in [6, 6.07) is 0. The minimum absolute atomic E-state index is 0.108. The second-order valence-corrected chi connectivity index (χ2v) is 6.15. The predicted molar refractivity (Wildman–Crippen MR) is 55.9 cm³/mol. The third-order valence-electron chi connectivity index (χ3n) is 3.29. The zero-order valence-corrected chi connectivity index (χ0v) is 13.5. The van der Waals surface area contributed by atoms with Crippen LogP contribution < -0.4 is 0 Å². The van der Waals surface area contributed by atoms with Crippen LogP contribution >= 0.6 is 0 Å². The fraction of sp³-hybridized carbons (Fsp3) is 1.00. The van der Waals surface area contributed by atoms with Crippen LogP contribution in [0.2, 0.25) is 5.54 Å². The van der Waals surface area contributed by atoms with E-state index >= 15 is 0 Å². The molecule has 0 rings (SSSR count). The smallest absolute Gasteiger partial charge is 0.200 e. The van der Waals surface area contributed by atoms with Crippen LogP contribution in [0.3, 0.4) is 0 Å². The molecule has 0 saturated heterocycles. The van der Waals surface area contributed by atoms with Crippen molar-refractivity contribution in [1.82, 2.24) is 0 Å². The summed E-state index contributed by atoms with van der Waals surface area (Å²) in [5.74, 6) is -56.0. The molecule has 0 aromatic carbocycles. The molecule has 0 saturated carbocycles. The normalized spacial score (nSPS) is 17.7. The van der Waals surface area contributed by atoms with E-state index in [9.17, 15) is 74.6 Å². The third kappa shape index (κ3) is 3.12. The maximum Gasteiger partial charge on any atom is 0.460 e. The van der Waals surface area contributed by atoms with Crippen molar-refractivity contribution in [2.75, 3.05) is 0 Å². The highest BCUT2D eigenvalue weighted by atomic mass is 28.1. The third-order valence-corrected chi connectivity index (χ3v) is 3.65. The minimum Gasteiger partial charge on any atom is -0.200 e. The summed E-state index contributed by atoms with van der Waals surface area (Å²) in [5, 5.41) is 0. The van der Waals surface area contributed by atoms with E-state index in [1.807, 2.05) is 0 Å². The molecule has 3 radical (unpaired) electrons. The van der Waals surface area contributed by atoms with Crippen molar-refractivity contribution in [2.45, 2.75) is 60.1 Å². The second kappa shape index (κ2) is 6.51. The zero-order chi connectivity index (χ0) is 23.6. The molecular formula is C10H4F17Si. The van der Waals surface area contributed by atoms with Crippen LogP contribution in [-0.4, -0.2) is 57.9 Å². The summed E-state index contributed by atoms with van der Waals surface area (Å²) in [7, 11) is 1.58. The van der Waals surface area contributed by atoms with Crippen molar-refractivity contribution in [3.8, 4) is 0 Å². The molecule has 1 unspecified atom stereocenters. The summed E-state index contributed by atoms with van der Waals surface area (Å²) < 4.78 is 218. The first-order valence-electron chi connectivity index (χ1n) is 6.12. The standard InChI is InChI=1S/C10H4F17Si/c1-2(28)3(11,12)4(13,14)5(15,16)6(17,18)7(19,20)8(21,22)9(23,24)10(25,26)27/h2H,1H3. The lowest BCUT2D eigenvalue weighted by Gasteiger charge is -2.43. The van der Waals surface area contributed by atoms with Crippen LogP contribution in [0.1, 0.15) is 6.92 Å². The Bertz CT molecular complexity index is 571. The molecule has 0 bridgehead atoms. The van der Waals surface area contributed by atoms with E-state index in [2.05, 4.69) is 0 Å². The van der Waals surface area contributed by atoms with Crippen molar-refractivity contribution in [1.29, 1.82) is 0 Å². The van der Waals surface area contributed by atoms with Gasteiger partial charge in [0, 0.05) is 15.8 Å². The Morgan fingerprint density at radius 3 is 0.857 bits per heavy atom. The summed E-state index contributed by atoms with van der Waals surface area (Å²) >= 11 is 0. The van der Waals surface area contributed by atoms with Gasteiger partial charge in [-0.2, -0.15) is 74.6 Å². The molecule has 0 N–H and O–H groups in total. The molecule has 167 valence electrons. The fourth-order valence-electron chi connectivity index (χ4n) is 1.45. The van der Waals surface area contributed by atoms with Gasteiger partial charge in [0.2, 0.25) is 0 Å². The Morgan fingerprint density at radius 1 is 0.429 bits per heavy atom. The van der Waals surface area contributed by atoms with Crippen LogP contribution in [-0.2, 0) is 0 Å². The van der Waals surface area contributed by atoms with E-state index < -0.39 is 53.2 Å². The SMILES string of the molecule is CC([Si])C(F)(F)C(F)(F)C(F)(F)C(F)(F)C(F)(F)C(F)(F)C(F)(F)C(F)(F)F. The van der Waals surface area contributed by atoms with Gasteiger partial charge in [-0.15, -0.1) is 0 Å². The lowest BCUT2D eigenvalue weighted by molar-refractivity contribution is -0.461. The summed E-state index contributed by atoms with van der Waals surface area (Å²) in [6.07, 6.45) is -7.75. The average Bonchev–Trinajstić information content (AvgIpc) is 2.44. The summed E-state index contributed by atoms with van der Waals surface area (Å²) in [6.45, 7) is -0.108. The Kier molecular flexibility index (Phi) is 6.29. The van der Waals surface area contributed by atoms with E-state index in [1.54, 1.807) is 10.2 Å². The lowest BCUT2D eigenvalue weighted by Crippen LogP contribution is -2.74. The average molecular weight is 475 g/mol. The van der Waals surface area contributed by atoms with Gasteiger partial charge in [0.15, 0.2) is 0 Å². The van der Waals surface area contributed by atoms with Crippen LogP contribution in [0.25, 0.3) is 0 Å². The molecule has 0 spiro atoms. The number of alkyl halides is 17. The van der Waals surface area contributed by atoms with Crippen molar-refractivity contribution in [3.05, 3.63) is 0 Å². The molecule has 0 aromatic heterocycles. The van der Waals surface area contributed by atoms with Gasteiger partial charge in [0.05, 0.1) is 0 Å². The van der Waals surface area contributed by atoms with Gasteiger partial charge in [0.25, 0.3) is 0 Å². The summed E-state index contributed by atoms with van der Waals surface area (Å²) in [5.41, 5.74) is -3.21. The number of hydrogen-bond donors (Lipinski definition) is 0. The van der Waals surface area contributed by atoms with Gasteiger partial charge >= 0.3 is 47.6 Å². The first-order valence-corrected chi connectivity index (χ1v) is 6.69. The Morgan fingerprint density at radius 2 is 0.643 bits per heavy atom. The van der Waals surface area contributed by atoms with Gasteiger partial charge in [-0.3, -0.25) is 0 Å². The number of halogens is 17. The van der Waals surface area contributed by atoms with Crippen molar-refractivity contribution >= 4 is 10.2 Å². The largest absolute Gasteiger partial charge is 0.460 e. The van der Waals surface area contributed by atoms with Crippen molar-refractivity contribution in [3.63, 3.8) is 0 Å². The van der Waals surface area contributed by atoms with Crippen molar-refractivity contribution in [2.24, 2.45) is 0 Å². The Labute approximate surface area is 146 Å². The molecule has 0 nitrogen and oxygen atoms in total. The van der Waals surface area contributed by atoms with Crippen LogP contribution in [0.4, 0.5) is 74.6 Å². The lowest BCUT2D eigenvalue weighted by atomic mass is 9.88. The molecule has 28 heavy (non-hydrogen) atoms. The molecule has 1 atom stereocenters. The number of hydrogen-bond acceptors (Lipinski definition) is 0. The monoisotopic (exact) mass is 475 g/mol. The zero-order valence-electron chi connectivity index (χ0n) is 12.5. The fourth-order valence-corrected chi connectivity index (χ4v) is 1.63. The highest BCUT2D eigenvalue weighted by molar-refractivity contribution is 6.12. The van der Waals surface area contributed by atoms with E-state index in [-0.39, 0.29) is 6.92 Å². The molecule has 0 heterocycles. The quantitative estimate of drug-likeness (QED) is 0.315. The maximum absolute atomic E-state index is 13.2. The Hall–Kier alpha value is -0.973. The molecular weight excluding hydrogens is 471 g/mol. The van der Waals surface area contributed by atoms with Crippen LogP contribution in [0.15, 0.2) is 0 Å². The highest BCUT2D eigenvalue weighted by Gasteiger charge is 2.95. The molecule has 0 aliphatic rings. The van der Waals surface area contributed by atoms with E-state index in [1.165, 1.54) is 0 Å². The maximum atomic E-state index is 13.2. The van der Waals surface area contributed by atoms with Crippen molar-refractivity contribution < 1.29 is 74.6 Å². The van der Waals surface area contributed by atoms with Gasteiger partial charge < -0.3 is 0 Å². The molecule has 0 aliphatic heterocycles. The van der Waals surface area contributed by atoms with Gasteiger partial charge in [0.1, 0.15) is 0 Å².